The Labute approximate surface area is 146 Å². The molecule has 1 aliphatic rings. The van der Waals surface area contributed by atoms with Crippen LogP contribution in [-0.2, 0) is 22.6 Å². The number of carbonyl (C=O) groups excluding carboxylic acids is 1. The fourth-order valence-corrected chi connectivity index (χ4v) is 3.63. The third-order valence-electron chi connectivity index (χ3n) is 5.17. The summed E-state index contributed by atoms with van der Waals surface area (Å²) in [4.78, 5) is 12.5. The molecule has 2 atom stereocenters. The van der Waals surface area contributed by atoms with E-state index in [1.54, 1.807) is 0 Å². The molecule has 1 saturated carbocycles. The van der Waals surface area contributed by atoms with Crippen LogP contribution in [0.3, 0.4) is 0 Å². The summed E-state index contributed by atoms with van der Waals surface area (Å²) in [6, 6.07) is 4.32. The van der Waals surface area contributed by atoms with E-state index in [9.17, 15) is 4.79 Å². The second-order valence-electron chi connectivity index (χ2n) is 7.88. The molecular weight excluding hydrogens is 296 g/mol. The van der Waals surface area contributed by atoms with Crippen molar-refractivity contribution in [2.24, 2.45) is 17.3 Å². The highest BCUT2D eigenvalue weighted by molar-refractivity contribution is 5.78. The van der Waals surface area contributed by atoms with E-state index in [1.807, 2.05) is 6.08 Å². The number of ether oxygens (including phenoxy) is 1. The van der Waals surface area contributed by atoms with Crippen molar-refractivity contribution in [3.8, 4) is 0 Å². The van der Waals surface area contributed by atoms with Gasteiger partial charge < -0.3 is 4.74 Å². The third kappa shape index (κ3) is 3.80. The van der Waals surface area contributed by atoms with Crippen LogP contribution in [0.5, 0.6) is 0 Å². The number of hydrogen-bond donors (Lipinski definition) is 0. The number of aryl methyl sites for hydroxylation is 2. The SMILES string of the molecule is C=CCc1cc(C)c(COC(=O)C2C(C=C(C)C)C2(C)C)c(C)c1. The van der Waals surface area contributed by atoms with Gasteiger partial charge in [0.1, 0.15) is 6.61 Å². The lowest BCUT2D eigenvalue weighted by molar-refractivity contribution is -0.147. The second kappa shape index (κ2) is 6.96. The third-order valence-corrected chi connectivity index (χ3v) is 5.17. The lowest BCUT2D eigenvalue weighted by atomic mass is 9.98. The van der Waals surface area contributed by atoms with E-state index in [1.165, 1.54) is 22.3 Å². The summed E-state index contributed by atoms with van der Waals surface area (Å²) < 4.78 is 5.67. The number of esters is 1. The van der Waals surface area contributed by atoms with E-state index >= 15 is 0 Å². The molecule has 0 heterocycles. The molecule has 0 aromatic heterocycles. The van der Waals surface area contributed by atoms with Gasteiger partial charge in [0, 0.05) is 0 Å². The first kappa shape index (κ1) is 18.5. The Bertz CT molecular complexity index is 652. The van der Waals surface area contributed by atoms with E-state index in [2.05, 4.69) is 66.3 Å². The monoisotopic (exact) mass is 326 g/mol. The van der Waals surface area contributed by atoms with Gasteiger partial charge in [-0.1, -0.05) is 43.7 Å². The topological polar surface area (TPSA) is 26.3 Å². The number of allylic oxidation sites excluding steroid dienone is 3. The van der Waals surface area contributed by atoms with Crippen molar-refractivity contribution in [3.05, 3.63) is 58.7 Å². The highest BCUT2D eigenvalue weighted by Gasteiger charge is 2.61. The summed E-state index contributed by atoms with van der Waals surface area (Å²) in [5, 5.41) is 0. The normalized spacial score (nSPS) is 21.1. The molecule has 0 radical (unpaired) electrons. The molecule has 0 aliphatic heterocycles. The summed E-state index contributed by atoms with van der Waals surface area (Å²) in [7, 11) is 0. The highest BCUT2D eigenvalue weighted by atomic mass is 16.5. The zero-order chi connectivity index (χ0) is 18.1. The van der Waals surface area contributed by atoms with Crippen molar-refractivity contribution in [2.75, 3.05) is 0 Å². The van der Waals surface area contributed by atoms with Gasteiger partial charge in [0.05, 0.1) is 5.92 Å². The van der Waals surface area contributed by atoms with Gasteiger partial charge in [-0.25, -0.2) is 0 Å². The first-order valence-corrected chi connectivity index (χ1v) is 8.70. The van der Waals surface area contributed by atoms with Crippen LogP contribution in [-0.4, -0.2) is 5.97 Å². The van der Waals surface area contributed by atoms with Gasteiger partial charge in [0.15, 0.2) is 0 Å². The molecule has 2 heteroatoms. The average Bonchev–Trinajstić information content (AvgIpc) is 2.98. The van der Waals surface area contributed by atoms with Crippen molar-refractivity contribution in [1.82, 2.24) is 0 Å². The van der Waals surface area contributed by atoms with Crippen LogP contribution < -0.4 is 0 Å². The Morgan fingerprint density at radius 3 is 2.33 bits per heavy atom. The van der Waals surface area contributed by atoms with E-state index in [-0.39, 0.29) is 17.3 Å². The molecule has 1 fully saturated rings. The van der Waals surface area contributed by atoms with Crippen LogP contribution in [0.2, 0.25) is 0 Å². The van der Waals surface area contributed by atoms with Gasteiger partial charge in [-0.2, -0.15) is 0 Å². The molecule has 2 nitrogen and oxygen atoms in total. The molecule has 0 spiro atoms. The summed E-state index contributed by atoms with van der Waals surface area (Å²) in [5.74, 6) is 0.205. The summed E-state index contributed by atoms with van der Waals surface area (Å²) in [6.07, 6.45) is 4.97. The van der Waals surface area contributed by atoms with E-state index in [0.29, 0.717) is 12.5 Å². The molecule has 0 bridgehead atoms. The Hall–Kier alpha value is -1.83. The smallest absolute Gasteiger partial charge is 0.310 e. The molecular formula is C22H30O2. The second-order valence-corrected chi connectivity index (χ2v) is 7.88. The minimum absolute atomic E-state index is 0.00621. The fraction of sp³-hybridized carbons (Fsp3) is 0.500. The minimum Gasteiger partial charge on any atom is -0.461 e. The summed E-state index contributed by atoms with van der Waals surface area (Å²) in [6.45, 7) is 16.7. The molecule has 2 unspecified atom stereocenters. The molecule has 0 saturated heterocycles. The van der Waals surface area contributed by atoms with Crippen molar-refractivity contribution in [2.45, 2.75) is 54.6 Å². The van der Waals surface area contributed by atoms with Crippen LogP contribution in [0, 0.1) is 31.1 Å². The van der Waals surface area contributed by atoms with Crippen LogP contribution in [0.1, 0.15) is 49.9 Å². The van der Waals surface area contributed by atoms with Crippen molar-refractivity contribution in [1.29, 1.82) is 0 Å². The molecule has 0 N–H and O–H groups in total. The predicted molar refractivity (Wildman–Crippen MR) is 99.8 cm³/mol. The Morgan fingerprint density at radius 1 is 1.25 bits per heavy atom. The zero-order valence-corrected chi connectivity index (χ0v) is 15.9. The first-order valence-electron chi connectivity index (χ1n) is 8.70. The van der Waals surface area contributed by atoms with Gasteiger partial charge in [0.25, 0.3) is 0 Å². The summed E-state index contributed by atoms with van der Waals surface area (Å²) >= 11 is 0. The number of carbonyl (C=O) groups is 1. The highest BCUT2D eigenvalue weighted by Crippen LogP contribution is 2.59. The molecule has 0 amide bonds. The Kier molecular flexibility index (Phi) is 5.37. The van der Waals surface area contributed by atoms with Crippen LogP contribution in [0.15, 0.2) is 36.4 Å². The maximum atomic E-state index is 12.5. The van der Waals surface area contributed by atoms with Crippen molar-refractivity contribution >= 4 is 5.97 Å². The van der Waals surface area contributed by atoms with E-state index in [0.717, 1.165) is 12.0 Å². The number of benzene rings is 1. The van der Waals surface area contributed by atoms with Crippen LogP contribution in [0.4, 0.5) is 0 Å². The number of hydrogen-bond acceptors (Lipinski definition) is 2. The van der Waals surface area contributed by atoms with Gasteiger partial charge in [-0.15, -0.1) is 6.58 Å². The minimum atomic E-state index is -0.0727. The van der Waals surface area contributed by atoms with E-state index < -0.39 is 0 Å². The average molecular weight is 326 g/mol. The standard InChI is InChI=1S/C22H30O2/c1-8-9-17-11-15(4)18(16(5)12-17)13-24-21(23)20-19(10-14(2)3)22(20,6)7/h8,10-12,19-20H,1,9,13H2,2-7H3. The quantitative estimate of drug-likeness (QED) is 0.523. The molecule has 1 aromatic carbocycles. The molecule has 130 valence electrons. The Balaban J connectivity index is 2.05. The van der Waals surface area contributed by atoms with Gasteiger partial charge in [-0.05, 0) is 67.7 Å². The predicted octanol–water partition coefficient (Wildman–Crippen LogP) is 5.31. The lowest BCUT2D eigenvalue weighted by Gasteiger charge is -2.13. The fourth-order valence-electron chi connectivity index (χ4n) is 3.63. The first-order chi connectivity index (χ1) is 11.2. The largest absolute Gasteiger partial charge is 0.461 e. The van der Waals surface area contributed by atoms with Gasteiger partial charge >= 0.3 is 5.97 Å². The van der Waals surface area contributed by atoms with Crippen molar-refractivity contribution < 1.29 is 9.53 Å². The maximum absolute atomic E-state index is 12.5. The molecule has 24 heavy (non-hydrogen) atoms. The molecule has 2 rings (SSSR count). The van der Waals surface area contributed by atoms with Crippen LogP contribution in [0.25, 0.3) is 0 Å². The van der Waals surface area contributed by atoms with E-state index in [4.69, 9.17) is 4.74 Å². The summed E-state index contributed by atoms with van der Waals surface area (Å²) in [5.41, 5.74) is 5.99. The number of rotatable bonds is 6. The maximum Gasteiger partial charge on any atom is 0.310 e. The Morgan fingerprint density at radius 2 is 1.83 bits per heavy atom. The lowest BCUT2D eigenvalue weighted by Crippen LogP contribution is -2.12. The zero-order valence-electron chi connectivity index (χ0n) is 15.9. The molecule has 1 aromatic rings. The van der Waals surface area contributed by atoms with Crippen molar-refractivity contribution in [3.63, 3.8) is 0 Å². The molecule has 1 aliphatic carbocycles. The van der Waals surface area contributed by atoms with Crippen LogP contribution >= 0.6 is 0 Å². The van der Waals surface area contributed by atoms with Gasteiger partial charge in [-0.3, -0.25) is 4.79 Å². The van der Waals surface area contributed by atoms with Gasteiger partial charge in [0.2, 0.25) is 0 Å².